The molecule has 0 aliphatic heterocycles. The average molecular weight is 282 g/mol. The van der Waals surface area contributed by atoms with Crippen molar-refractivity contribution in [1.29, 1.82) is 0 Å². The zero-order valence-electron chi connectivity index (χ0n) is 14.1. The summed E-state index contributed by atoms with van der Waals surface area (Å²) in [5, 5.41) is 0. The van der Waals surface area contributed by atoms with Crippen LogP contribution in [-0.4, -0.2) is 6.29 Å². The van der Waals surface area contributed by atoms with Crippen LogP contribution in [0.25, 0.3) is 0 Å². The third-order valence-corrected chi connectivity index (χ3v) is 4.06. The third-order valence-electron chi connectivity index (χ3n) is 4.06. The number of hydrogen-bond acceptors (Lipinski definition) is 1. The van der Waals surface area contributed by atoms with Crippen LogP contribution in [0.3, 0.4) is 0 Å². The van der Waals surface area contributed by atoms with Gasteiger partial charge in [0, 0.05) is 6.42 Å². The summed E-state index contributed by atoms with van der Waals surface area (Å²) in [5.41, 5.74) is 0. The van der Waals surface area contributed by atoms with Gasteiger partial charge in [0.15, 0.2) is 6.29 Å². The lowest BCUT2D eigenvalue weighted by Gasteiger charge is -2.04. The second-order valence-electron chi connectivity index (χ2n) is 6.67. The molecule has 20 heavy (non-hydrogen) atoms. The average Bonchev–Trinajstić information content (AvgIpc) is 2.43. The molecule has 0 aromatic carbocycles. The summed E-state index contributed by atoms with van der Waals surface area (Å²) >= 11 is 0. The van der Waals surface area contributed by atoms with Gasteiger partial charge in [0.1, 0.15) is 0 Å². The van der Waals surface area contributed by atoms with Crippen molar-refractivity contribution in [3.05, 3.63) is 0 Å². The van der Waals surface area contributed by atoms with Gasteiger partial charge in [-0.3, -0.25) is 4.79 Å². The largest absolute Gasteiger partial charge is 0.291 e. The minimum atomic E-state index is 0.636. The van der Waals surface area contributed by atoms with Gasteiger partial charge in [0.05, 0.1) is 0 Å². The molecular formula is C19H37O. The predicted molar refractivity (Wildman–Crippen MR) is 89.8 cm³/mol. The Morgan fingerprint density at radius 2 is 0.950 bits per heavy atom. The first-order valence-electron chi connectivity index (χ1n) is 9.12. The van der Waals surface area contributed by atoms with Crippen LogP contribution < -0.4 is 0 Å². The molecule has 0 saturated heterocycles. The SMILES string of the molecule is CC(C)CCCCCCCCCCCCCCC[C]=O. The Morgan fingerprint density at radius 3 is 1.30 bits per heavy atom. The molecule has 1 nitrogen and oxygen atoms in total. The summed E-state index contributed by atoms with van der Waals surface area (Å²) in [7, 11) is 0. The van der Waals surface area contributed by atoms with Crippen LogP contribution in [0.5, 0.6) is 0 Å². The van der Waals surface area contributed by atoms with E-state index < -0.39 is 0 Å². The Kier molecular flexibility index (Phi) is 16.4. The highest BCUT2D eigenvalue weighted by Crippen LogP contribution is 2.14. The summed E-state index contributed by atoms with van der Waals surface area (Å²) in [6.45, 7) is 4.64. The number of unbranched alkanes of at least 4 members (excludes halogenated alkanes) is 13. The van der Waals surface area contributed by atoms with Crippen molar-refractivity contribution >= 4 is 6.29 Å². The fraction of sp³-hybridized carbons (Fsp3) is 0.947. The van der Waals surface area contributed by atoms with Crippen LogP contribution in [0, 0.1) is 5.92 Å². The second-order valence-corrected chi connectivity index (χ2v) is 6.67. The van der Waals surface area contributed by atoms with E-state index >= 15 is 0 Å². The maximum absolute atomic E-state index is 10.0. The molecule has 119 valence electrons. The molecular weight excluding hydrogens is 244 g/mol. The van der Waals surface area contributed by atoms with Gasteiger partial charge in [-0.05, 0) is 12.3 Å². The Balaban J connectivity index is 2.94. The molecule has 0 heterocycles. The molecule has 0 atom stereocenters. The van der Waals surface area contributed by atoms with Gasteiger partial charge in [-0.25, -0.2) is 0 Å². The quantitative estimate of drug-likeness (QED) is 0.291. The molecule has 0 aromatic heterocycles. The Bertz CT molecular complexity index is 186. The van der Waals surface area contributed by atoms with Gasteiger partial charge in [0.2, 0.25) is 0 Å². The molecule has 0 aromatic rings. The molecule has 0 aliphatic rings. The maximum Gasteiger partial charge on any atom is 0.198 e. The van der Waals surface area contributed by atoms with E-state index in [1.807, 2.05) is 6.29 Å². The first-order chi connectivity index (χ1) is 9.77. The van der Waals surface area contributed by atoms with E-state index in [9.17, 15) is 4.79 Å². The van der Waals surface area contributed by atoms with Crippen molar-refractivity contribution in [3.8, 4) is 0 Å². The maximum atomic E-state index is 10.0. The topological polar surface area (TPSA) is 17.1 Å². The molecule has 1 heteroatoms. The Hall–Kier alpha value is -0.330. The fourth-order valence-electron chi connectivity index (χ4n) is 2.69. The van der Waals surface area contributed by atoms with Crippen molar-refractivity contribution in [2.45, 2.75) is 110 Å². The van der Waals surface area contributed by atoms with E-state index in [0.29, 0.717) is 6.42 Å². The van der Waals surface area contributed by atoms with Crippen LogP contribution in [-0.2, 0) is 4.79 Å². The standard InChI is InChI=1S/C19H37O/c1-19(2)17-15-13-11-9-7-5-3-4-6-8-10-12-14-16-18-20/h19H,3-17H2,1-2H3. The highest BCUT2D eigenvalue weighted by atomic mass is 16.1. The fourth-order valence-corrected chi connectivity index (χ4v) is 2.69. The first kappa shape index (κ1) is 19.7. The van der Waals surface area contributed by atoms with Gasteiger partial charge >= 0.3 is 0 Å². The lowest BCUT2D eigenvalue weighted by atomic mass is 10.0. The van der Waals surface area contributed by atoms with Gasteiger partial charge in [-0.2, -0.15) is 0 Å². The van der Waals surface area contributed by atoms with E-state index in [4.69, 9.17) is 0 Å². The lowest BCUT2D eigenvalue weighted by Crippen LogP contribution is -1.87. The number of carbonyl (C=O) groups excluding carboxylic acids is 1. The van der Waals surface area contributed by atoms with Gasteiger partial charge in [-0.1, -0.05) is 97.3 Å². The zero-order valence-corrected chi connectivity index (χ0v) is 14.1. The van der Waals surface area contributed by atoms with Gasteiger partial charge in [0.25, 0.3) is 0 Å². The van der Waals surface area contributed by atoms with E-state index in [1.54, 1.807) is 0 Å². The van der Waals surface area contributed by atoms with Crippen molar-refractivity contribution < 1.29 is 4.79 Å². The predicted octanol–water partition coefficient (Wildman–Crippen LogP) is 6.60. The molecule has 0 bridgehead atoms. The van der Waals surface area contributed by atoms with Crippen LogP contribution >= 0.6 is 0 Å². The highest BCUT2D eigenvalue weighted by molar-refractivity contribution is 5.50. The van der Waals surface area contributed by atoms with Gasteiger partial charge < -0.3 is 0 Å². The normalized spacial score (nSPS) is 11.2. The van der Waals surface area contributed by atoms with Crippen LogP contribution in [0.2, 0.25) is 0 Å². The summed E-state index contributed by atoms with van der Waals surface area (Å²) < 4.78 is 0. The Morgan fingerprint density at radius 1 is 0.600 bits per heavy atom. The number of hydrogen-bond donors (Lipinski definition) is 0. The summed E-state index contributed by atoms with van der Waals surface area (Å²) in [5.74, 6) is 0.881. The molecule has 0 unspecified atom stereocenters. The first-order valence-corrected chi connectivity index (χ1v) is 9.12. The second kappa shape index (κ2) is 16.7. The van der Waals surface area contributed by atoms with Crippen molar-refractivity contribution in [2.75, 3.05) is 0 Å². The minimum Gasteiger partial charge on any atom is -0.291 e. The summed E-state index contributed by atoms with van der Waals surface area (Å²) in [4.78, 5) is 10.0. The monoisotopic (exact) mass is 281 g/mol. The van der Waals surface area contributed by atoms with Crippen LogP contribution in [0.15, 0.2) is 0 Å². The minimum absolute atomic E-state index is 0.636. The highest BCUT2D eigenvalue weighted by Gasteiger charge is 1.96. The zero-order chi connectivity index (χ0) is 14.9. The van der Waals surface area contributed by atoms with E-state index in [-0.39, 0.29) is 0 Å². The third kappa shape index (κ3) is 17.7. The molecule has 0 spiro atoms. The van der Waals surface area contributed by atoms with E-state index in [0.717, 1.165) is 12.3 Å². The van der Waals surface area contributed by atoms with E-state index in [2.05, 4.69) is 13.8 Å². The van der Waals surface area contributed by atoms with Gasteiger partial charge in [-0.15, -0.1) is 0 Å². The van der Waals surface area contributed by atoms with Crippen molar-refractivity contribution in [3.63, 3.8) is 0 Å². The molecule has 0 aliphatic carbocycles. The molecule has 0 saturated carbocycles. The summed E-state index contributed by atoms with van der Waals surface area (Å²) in [6, 6.07) is 0. The number of rotatable bonds is 16. The molecule has 0 amide bonds. The molecule has 0 N–H and O–H groups in total. The van der Waals surface area contributed by atoms with Crippen LogP contribution in [0.4, 0.5) is 0 Å². The van der Waals surface area contributed by atoms with E-state index in [1.165, 1.54) is 83.5 Å². The Labute approximate surface area is 127 Å². The molecule has 0 rings (SSSR count). The van der Waals surface area contributed by atoms with Crippen molar-refractivity contribution in [1.82, 2.24) is 0 Å². The summed E-state index contributed by atoms with van der Waals surface area (Å²) in [6.07, 6.45) is 21.8. The lowest BCUT2D eigenvalue weighted by molar-refractivity contribution is 0.502. The van der Waals surface area contributed by atoms with Crippen LogP contribution in [0.1, 0.15) is 110 Å². The molecule has 1 radical (unpaired) electrons. The van der Waals surface area contributed by atoms with Crippen molar-refractivity contribution in [2.24, 2.45) is 5.92 Å². The molecule has 0 fully saturated rings. The smallest absolute Gasteiger partial charge is 0.198 e.